The van der Waals surface area contributed by atoms with Gasteiger partial charge >= 0.3 is 6.03 Å². The molecule has 1 aliphatic heterocycles. The highest BCUT2D eigenvalue weighted by Gasteiger charge is 2.17. The molecule has 2 rings (SSSR count). The van der Waals surface area contributed by atoms with Crippen molar-refractivity contribution >= 4 is 6.03 Å². The van der Waals surface area contributed by atoms with Gasteiger partial charge in [-0.3, -0.25) is 0 Å². The van der Waals surface area contributed by atoms with Crippen LogP contribution in [0.5, 0.6) is 5.75 Å². The highest BCUT2D eigenvalue weighted by atomic mass is 16.5. The Morgan fingerprint density at radius 1 is 1.28 bits per heavy atom. The zero-order valence-corrected chi connectivity index (χ0v) is 10.4. The zero-order valence-electron chi connectivity index (χ0n) is 10.4. The quantitative estimate of drug-likeness (QED) is 0.699. The Kier molecular flexibility index (Phi) is 4.84. The number of ether oxygens (including phenoxy) is 1. The predicted molar refractivity (Wildman–Crippen MR) is 69.8 cm³/mol. The summed E-state index contributed by atoms with van der Waals surface area (Å²) in [5.41, 5.74) is 0. The van der Waals surface area contributed by atoms with E-state index in [1.54, 1.807) is 0 Å². The number of benzene rings is 1. The number of nitrogens with zero attached hydrogens (tertiary/aromatic N) is 1. The Morgan fingerprint density at radius 3 is 2.83 bits per heavy atom. The van der Waals surface area contributed by atoms with Gasteiger partial charge in [0.25, 0.3) is 0 Å². The largest absolute Gasteiger partial charge is 0.492 e. The monoisotopic (exact) mass is 249 g/mol. The topological polar surface area (TPSA) is 53.6 Å². The minimum Gasteiger partial charge on any atom is -0.492 e. The molecule has 1 aromatic rings. The number of hydrogen-bond donors (Lipinski definition) is 2. The molecule has 1 saturated heterocycles. The van der Waals surface area contributed by atoms with Gasteiger partial charge in [-0.2, -0.15) is 0 Å². The number of rotatable bonds is 7. The van der Waals surface area contributed by atoms with Crippen LogP contribution in [-0.2, 0) is 0 Å². The first-order valence-corrected chi connectivity index (χ1v) is 6.27. The predicted octanol–water partition coefficient (Wildman–Crippen LogP) is 0.680. The highest BCUT2D eigenvalue weighted by Crippen LogP contribution is 2.07. The van der Waals surface area contributed by atoms with Crippen LogP contribution in [0.1, 0.15) is 0 Å². The maximum atomic E-state index is 11.2. The Balaban J connectivity index is 1.50. The first-order chi connectivity index (χ1) is 8.86. The summed E-state index contributed by atoms with van der Waals surface area (Å²) in [6.07, 6.45) is 0. The van der Waals surface area contributed by atoms with Gasteiger partial charge in [-0.05, 0) is 12.1 Å². The molecule has 0 radical (unpaired) electrons. The molecule has 0 saturated carbocycles. The number of amides is 2. The van der Waals surface area contributed by atoms with Gasteiger partial charge in [0.1, 0.15) is 12.4 Å². The van der Waals surface area contributed by atoms with E-state index in [0.29, 0.717) is 6.61 Å². The van der Waals surface area contributed by atoms with E-state index in [1.807, 2.05) is 35.2 Å². The molecule has 0 spiro atoms. The molecule has 5 heteroatoms. The summed E-state index contributed by atoms with van der Waals surface area (Å²) < 4.78 is 5.54. The van der Waals surface area contributed by atoms with Gasteiger partial charge in [0.15, 0.2) is 0 Å². The molecule has 1 aliphatic rings. The van der Waals surface area contributed by atoms with E-state index in [0.717, 1.165) is 38.5 Å². The Hall–Kier alpha value is -1.75. The summed E-state index contributed by atoms with van der Waals surface area (Å²) in [6.45, 7) is 4.53. The summed E-state index contributed by atoms with van der Waals surface area (Å²) in [7, 11) is 0. The molecule has 2 amide bonds. The fourth-order valence-corrected chi connectivity index (χ4v) is 1.82. The van der Waals surface area contributed by atoms with Crippen LogP contribution in [-0.4, -0.2) is 50.3 Å². The second kappa shape index (κ2) is 6.86. The number of nitrogens with one attached hydrogen (secondary N) is 2. The lowest BCUT2D eigenvalue weighted by Gasteiger charge is -2.14. The van der Waals surface area contributed by atoms with Crippen LogP contribution in [0.3, 0.4) is 0 Å². The number of carbonyl (C=O) groups excluding carboxylic acids is 1. The van der Waals surface area contributed by atoms with Crippen molar-refractivity contribution < 1.29 is 9.53 Å². The van der Waals surface area contributed by atoms with Crippen LogP contribution in [0.25, 0.3) is 0 Å². The van der Waals surface area contributed by atoms with Crippen LogP contribution in [0.2, 0.25) is 0 Å². The third-order valence-electron chi connectivity index (χ3n) is 2.79. The van der Waals surface area contributed by atoms with Crippen molar-refractivity contribution in [3.05, 3.63) is 30.3 Å². The third-order valence-corrected chi connectivity index (χ3v) is 2.79. The average Bonchev–Trinajstić information content (AvgIpc) is 2.81. The van der Waals surface area contributed by atoms with Crippen LogP contribution in [0, 0.1) is 0 Å². The number of urea groups is 1. The van der Waals surface area contributed by atoms with E-state index in [-0.39, 0.29) is 6.03 Å². The highest BCUT2D eigenvalue weighted by molar-refractivity contribution is 5.76. The van der Waals surface area contributed by atoms with Crippen LogP contribution < -0.4 is 15.4 Å². The maximum absolute atomic E-state index is 11.2. The van der Waals surface area contributed by atoms with E-state index in [2.05, 4.69) is 10.6 Å². The fraction of sp³-hybridized carbons (Fsp3) is 0.462. The van der Waals surface area contributed by atoms with Gasteiger partial charge < -0.3 is 20.3 Å². The molecule has 0 unspecified atom stereocenters. The summed E-state index contributed by atoms with van der Waals surface area (Å²) in [4.78, 5) is 13.1. The molecule has 0 atom stereocenters. The van der Waals surface area contributed by atoms with E-state index < -0.39 is 0 Å². The molecule has 98 valence electrons. The fourth-order valence-electron chi connectivity index (χ4n) is 1.82. The SMILES string of the molecule is O=C1NCCN1CCNCCOc1ccccc1. The van der Waals surface area contributed by atoms with Crippen molar-refractivity contribution in [2.45, 2.75) is 0 Å². The zero-order chi connectivity index (χ0) is 12.6. The molecular weight excluding hydrogens is 230 g/mol. The minimum absolute atomic E-state index is 0.0392. The lowest BCUT2D eigenvalue weighted by molar-refractivity contribution is 0.217. The average molecular weight is 249 g/mol. The van der Waals surface area contributed by atoms with Crippen LogP contribution in [0.15, 0.2) is 30.3 Å². The second-order valence-electron chi connectivity index (χ2n) is 4.13. The standard InChI is InChI=1S/C13H19N3O2/c17-13-15-7-10-16(13)9-6-14-8-11-18-12-4-2-1-3-5-12/h1-5,14H,6-11H2,(H,15,17). The van der Waals surface area contributed by atoms with Crippen molar-refractivity contribution in [3.63, 3.8) is 0 Å². The van der Waals surface area contributed by atoms with E-state index in [9.17, 15) is 4.79 Å². The molecule has 18 heavy (non-hydrogen) atoms. The normalized spacial score (nSPS) is 14.7. The molecule has 1 heterocycles. The summed E-state index contributed by atoms with van der Waals surface area (Å²) in [6, 6.07) is 9.79. The van der Waals surface area contributed by atoms with Gasteiger partial charge in [0.05, 0.1) is 0 Å². The molecule has 1 fully saturated rings. The Morgan fingerprint density at radius 2 is 2.11 bits per heavy atom. The van der Waals surface area contributed by atoms with Gasteiger partial charge in [-0.25, -0.2) is 4.79 Å². The van der Waals surface area contributed by atoms with Crippen molar-refractivity contribution in [2.75, 3.05) is 39.3 Å². The lowest BCUT2D eigenvalue weighted by atomic mass is 10.3. The van der Waals surface area contributed by atoms with Gasteiger partial charge in [0.2, 0.25) is 0 Å². The van der Waals surface area contributed by atoms with Gasteiger partial charge in [0, 0.05) is 32.7 Å². The van der Waals surface area contributed by atoms with Crippen molar-refractivity contribution in [2.24, 2.45) is 0 Å². The molecule has 0 bridgehead atoms. The van der Waals surface area contributed by atoms with Gasteiger partial charge in [-0.15, -0.1) is 0 Å². The number of hydrogen-bond acceptors (Lipinski definition) is 3. The van der Waals surface area contributed by atoms with E-state index >= 15 is 0 Å². The molecule has 0 aromatic heterocycles. The Bertz CT molecular complexity index is 370. The van der Waals surface area contributed by atoms with E-state index in [1.165, 1.54) is 0 Å². The number of para-hydroxylation sites is 1. The van der Waals surface area contributed by atoms with Crippen molar-refractivity contribution in [3.8, 4) is 5.75 Å². The maximum Gasteiger partial charge on any atom is 0.317 e. The molecular formula is C13H19N3O2. The molecule has 1 aromatic carbocycles. The summed E-state index contributed by atoms with van der Waals surface area (Å²) >= 11 is 0. The second-order valence-corrected chi connectivity index (χ2v) is 4.13. The van der Waals surface area contributed by atoms with Crippen LogP contribution >= 0.6 is 0 Å². The number of carbonyl (C=O) groups is 1. The van der Waals surface area contributed by atoms with Crippen molar-refractivity contribution in [1.82, 2.24) is 15.5 Å². The first kappa shape index (κ1) is 12.7. The smallest absolute Gasteiger partial charge is 0.317 e. The molecule has 0 aliphatic carbocycles. The van der Waals surface area contributed by atoms with Gasteiger partial charge in [-0.1, -0.05) is 18.2 Å². The van der Waals surface area contributed by atoms with Crippen molar-refractivity contribution in [1.29, 1.82) is 0 Å². The minimum atomic E-state index is 0.0392. The summed E-state index contributed by atoms with van der Waals surface area (Å²) in [5.74, 6) is 0.887. The first-order valence-electron chi connectivity index (χ1n) is 6.27. The molecule has 5 nitrogen and oxygen atoms in total. The molecule has 2 N–H and O–H groups in total. The third kappa shape index (κ3) is 3.92. The van der Waals surface area contributed by atoms with E-state index in [4.69, 9.17) is 4.74 Å². The van der Waals surface area contributed by atoms with Crippen LogP contribution in [0.4, 0.5) is 4.79 Å². The Labute approximate surface area is 107 Å². The lowest BCUT2D eigenvalue weighted by Crippen LogP contribution is -2.35. The summed E-state index contributed by atoms with van der Waals surface area (Å²) in [5, 5.41) is 6.03.